The van der Waals surface area contributed by atoms with Gasteiger partial charge in [0, 0.05) is 24.7 Å². The number of hydrogen-bond acceptors (Lipinski definition) is 4. The van der Waals surface area contributed by atoms with E-state index in [1.807, 2.05) is 59.0 Å². The average Bonchev–Trinajstić information content (AvgIpc) is 3.16. The van der Waals surface area contributed by atoms with Gasteiger partial charge >= 0.3 is 0 Å². The number of aliphatic hydroxyl groups excluding tert-OH is 1. The molecule has 0 bridgehead atoms. The van der Waals surface area contributed by atoms with Gasteiger partial charge in [-0.25, -0.2) is 4.98 Å². The van der Waals surface area contributed by atoms with Crippen molar-refractivity contribution in [3.05, 3.63) is 64.6 Å². The molecule has 1 aliphatic rings. The molecule has 2 N–H and O–H groups in total. The molecule has 0 aliphatic carbocycles. The fourth-order valence-electron chi connectivity index (χ4n) is 3.50. The number of rotatable bonds is 5. The maximum absolute atomic E-state index is 10.6. The highest BCUT2D eigenvalue weighted by atomic mass is 35.5. The fourth-order valence-corrected chi connectivity index (χ4v) is 3.63. The maximum atomic E-state index is 10.6. The summed E-state index contributed by atoms with van der Waals surface area (Å²) in [6, 6.07) is 13.3. The van der Waals surface area contributed by atoms with E-state index in [2.05, 4.69) is 4.98 Å². The number of methoxy groups -OCH3 is 1. The largest absolute Gasteiger partial charge is 0.510 e. The fraction of sp³-hybridized carbons (Fsp3) is 0.238. The predicted octanol–water partition coefficient (Wildman–Crippen LogP) is 4.04. The average molecular weight is 397 g/mol. The van der Waals surface area contributed by atoms with Gasteiger partial charge < -0.3 is 19.3 Å². The molecule has 0 fully saturated rings. The predicted molar refractivity (Wildman–Crippen MR) is 111 cm³/mol. The first-order valence-electron chi connectivity index (χ1n) is 8.99. The summed E-state index contributed by atoms with van der Waals surface area (Å²) in [5.41, 5.74) is 3.31. The molecule has 4 rings (SSSR count). The van der Waals surface area contributed by atoms with Crippen molar-refractivity contribution in [1.82, 2.24) is 14.5 Å². The Hall–Kier alpha value is -2.99. The van der Waals surface area contributed by atoms with Crippen LogP contribution >= 0.6 is 11.6 Å². The lowest BCUT2D eigenvalue weighted by molar-refractivity contribution is 0.351. The number of aliphatic hydroxyl groups is 1. The quantitative estimate of drug-likeness (QED) is 0.682. The molecule has 0 amide bonds. The van der Waals surface area contributed by atoms with Crippen LogP contribution in [0.2, 0.25) is 5.02 Å². The maximum Gasteiger partial charge on any atom is 0.148 e. The Labute approximate surface area is 168 Å². The SMILES string of the molecule is COc1ccc2c(c1)nc(C1=C(O)CN(CCc3ccc(Cl)cc3)C1=N)n2C. The number of fused-ring (bicyclic) bond motifs is 1. The highest BCUT2D eigenvalue weighted by Crippen LogP contribution is 2.30. The van der Waals surface area contributed by atoms with E-state index in [1.165, 1.54) is 0 Å². The summed E-state index contributed by atoms with van der Waals surface area (Å²) in [6.45, 7) is 0.945. The van der Waals surface area contributed by atoms with Gasteiger partial charge in [-0.2, -0.15) is 0 Å². The lowest BCUT2D eigenvalue weighted by Crippen LogP contribution is -2.29. The van der Waals surface area contributed by atoms with Gasteiger partial charge in [-0.15, -0.1) is 0 Å². The number of ether oxygens (including phenoxy) is 1. The molecule has 0 radical (unpaired) electrons. The molecule has 0 saturated heterocycles. The number of benzene rings is 2. The van der Waals surface area contributed by atoms with Crippen molar-refractivity contribution in [3.63, 3.8) is 0 Å². The molecule has 6 nitrogen and oxygen atoms in total. The van der Waals surface area contributed by atoms with Gasteiger partial charge in [-0.05, 0) is 36.2 Å². The Bertz CT molecular complexity index is 1090. The smallest absolute Gasteiger partial charge is 0.148 e. The highest BCUT2D eigenvalue weighted by molar-refractivity contribution is 6.30. The third-order valence-corrected chi connectivity index (χ3v) is 5.33. The Morgan fingerprint density at radius 3 is 2.68 bits per heavy atom. The van der Waals surface area contributed by atoms with Gasteiger partial charge in [0.05, 0.1) is 30.3 Å². The van der Waals surface area contributed by atoms with Crippen LogP contribution in [-0.2, 0) is 13.5 Å². The number of aryl methyl sites for hydroxylation is 1. The first-order valence-corrected chi connectivity index (χ1v) is 9.37. The Balaban J connectivity index is 1.57. The second kappa shape index (κ2) is 7.20. The molecule has 2 aromatic carbocycles. The number of hydrogen-bond donors (Lipinski definition) is 2. The van der Waals surface area contributed by atoms with Crippen LogP contribution < -0.4 is 4.74 Å². The van der Waals surface area contributed by atoms with E-state index >= 15 is 0 Å². The summed E-state index contributed by atoms with van der Waals surface area (Å²) in [6.07, 6.45) is 0.764. The number of amidine groups is 1. The van der Waals surface area contributed by atoms with E-state index < -0.39 is 0 Å². The van der Waals surface area contributed by atoms with Gasteiger partial charge in [-0.1, -0.05) is 23.7 Å². The molecule has 0 spiro atoms. The van der Waals surface area contributed by atoms with Gasteiger partial charge in [0.2, 0.25) is 0 Å². The zero-order valence-corrected chi connectivity index (χ0v) is 16.5. The molecule has 7 heteroatoms. The van der Waals surface area contributed by atoms with Crippen LogP contribution in [-0.4, -0.2) is 45.6 Å². The third kappa shape index (κ3) is 3.20. The van der Waals surface area contributed by atoms with E-state index in [0.29, 0.717) is 29.5 Å². The molecule has 28 heavy (non-hydrogen) atoms. The molecule has 0 saturated carbocycles. The number of nitrogens with zero attached hydrogens (tertiary/aromatic N) is 3. The number of halogens is 1. The van der Waals surface area contributed by atoms with Crippen molar-refractivity contribution in [2.75, 3.05) is 20.2 Å². The van der Waals surface area contributed by atoms with Crippen LogP contribution in [0.15, 0.2) is 48.2 Å². The summed E-state index contributed by atoms with van der Waals surface area (Å²) in [7, 11) is 3.51. The van der Waals surface area contributed by atoms with Crippen molar-refractivity contribution in [2.24, 2.45) is 7.05 Å². The summed E-state index contributed by atoms with van der Waals surface area (Å²) in [5.74, 6) is 1.77. The molecule has 0 unspecified atom stereocenters. The van der Waals surface area contributed by atoms with Crippen molar-refractivity contribution in [2.45, 2.75) is 6.42 Å². The zero-order valence-electron chi connectivity index (χ0n) is 15.7. The minimum Gasteiger partial charge on any atom is -0.510 e. The number of nitrogens with one attached hydrogen (secondary N) is 1. The first-order chi connectivity index (χ1) is 13.5. The molecular formula is C21H21ClN4O2. The lowest BCUT2D eigenvalue weighted by atomic mass is 10.1. The van der Waals surface area contributed by atoms with E-state index in [-0.39, 0.29) is 11.6 Å². The minimum absolute atomic E-state index is 0.173. The number of aromatic nitrogens is 2. The van der Waals surface area contributed by atoms with Gasteiger partial charge in [0.1, 0.15) is 23.2 Å². The van der Waals surface area contributed by atoms with Gasteiger partial charge in [0.15, 0.2) is 0 Å². The van der Waals surface area contributed by atoms with Gasteiger partial charge in [-0.3, -0.25) is 5.41 Å². The molecule has 2 heterocycles. The van der Waals surface area contributed by atoms with Crippen molar-refractivity contribution < 1.29 is 9.84 Å². The van der Waals surface area contributed by atoms with Crippen LogP contribution in [0.25, 0.3) is 16.6 Å². The molecule has 0 atom stereocenters. The molecule has 1 aliphatic heterocycles. The Morgan fingerprint density at radius 2 is 1.96 bits per heavy atom. The molecule has 144 valence electrons. The topological polar surface area (TPSA) is 74.4 Å². The summed E-state index contributed by atoms with van der Waals surface area (Å²) < 4.78 is 7.17. The van der Waals surface area contributed by atoms with Crippen molar-refractivity contribution in [3.8, 4) is 5.75 Å². The van der Waals surface area contributed by atoms with E-state index in [0.717, 1.165) is 28.8 Å². The van der Waals surface area contributed by atoms with E-state index in [9.17, 15) is 5.11 Å². The third-order valence-electron chi connectivity index (χ3n) is 5.08. The summed E-state index contributed by atoms with van der Waals surface area (Å²) in [5, 5.41) is 19.9. The van der Waals surface area contributed by atoms with Gasteiger partial charge in [0.25, 0.3) is 0 Å². The Kier molecular flexibility index (Phi) is 4.73. The normalized spacial score (nSPS) is 14.4. The second-order valence-electron chi connectivity index (χ2n) is 6.82. The van der Waals surface area contributed by atoms with Crippen LogP contribution in [0.3, 0.4) is 0 Å². The standard InChI is InChI=1S/C21H21ClN4O2/c1-25-17-8-7-15(28-2)11-16(17)24-21(25)19-18(27)12-26(20(19)23)10-9-13-3-5-14(22)6-4-13/h3-8,11,23,27H,9-10,12H2,1-2H3. The van der Waals surface area contributed by atoms with Crippen LogP contribution in [0, 0.1) is 5.41 Å². The van der Waals surface area contributed by atoms with Crippen LogP contribution in [0.5, 0.6) is 5.75 Å². The van der Waals surface area contributed by atoms with Crippen LogP contribution in [0.4, 0.5) is 0 Å². The number of imidazole rings is 1. The summed E-state index contributed by atoms with van der Waals surface area (Å²) >= 11 is 5.93. The van der Waals surface area contributed by atoms with Crippen molar-refractivity contribution in [1.29, 1.82) is 5.41 Å². The molecule has 3 aromatic rings. The Morgan fingerprint density at radius 1 is 1.21 bits per heavy atom. The van der Waals surface area contributed by atoms with Crippen LogP contribution in [0.1, 0.15) is 11.4 Å². The molecular weight excluding hydrogens is 376 g/mol. The first kappa shape index (κ1) is 18.4. The highest BCUT2D eigenvalue weighted by Gasteiger charge is 2.31. The monoisotopic (exact) mass is 396 g/mol. The van der Waals surface area contributed by atoms with Crippen molar-refractivity contribution >= 4 is 34.0 Å². The minimum atomic E-state index is 0.173. The molecule has 1 aromatic heterocycles. The second-order valence-corrected chi connectivity index (χ2v) is 7.25. The zero-order chi connectivity index (χ0) is 19.8. The van der Waals surface area contributed by atoms with E-state index in [1.54, 1.807) is 7.11 Å². The summed E-state index contributed by atoms with van der Waals surface area (Å²) in [4.78, 5) is 6.51. The van der Waals surface area contributed by atoms with E-state index in [4.69, 9.17) is 21.7 Å². The lowest BCUT2D eigenvalue weighted by Gasteiger charge is -2.18.